The number of benzene rings is 2. The summed E-state index contributed by atoms with van der Waals surface area (Å²) in [6, 6.07) is 10.3. The van der Waals surface area contributed by atoms with Gasteiger partial charge in [0.25, 0.3) is 0 Å². The number of rotatable bonds is 11. The summed E-state index contributed by atoms with van der Waals surface area (Å²) in [6.07, 6.45) is 5.58. The Balaban J connectivity index is 2.31. The van der Waals surface area contributed by atoms with Gasteiger partial charge in [0.05, 0.1) is 27.9 Å². The highest BCUT2D eigenvalue weighted by molar-refractivity contribution is 6.09. The molecule has 33 heavy (non-hydrogen) atoms. The topological polar surface area (TPSA) is 102 Å². The smallest absolute Gasteiger partial charge is 0.185 e. The fourth-order valence-corrected chi connectivity index (χ4v) is 3.08. The minimum atomic E-state index is -0.493. The molecule has 7 nitrogen and oxygen atoms in total. The van der Waals surface area contributed by atoms with E-state index in [0.29, 0.717) is 33.9 Å². The lowest BCUT2D eigenvalue weighted by molar-refractivity contribution is -0.118. The van der Waals surface area contributed by atoms with Crippen LogP contribution >= 0.6 is 0 Å². The van der Waals surface area contributed by atoms with Gasteiger partial charge in [-0.25, -0.2) is 0 Å². The second-order valence-corrected chi connectivity index (χ2v) is 7.12. The van der Waals surface area contributed by atoms with Crippen LogP contribution in [0.3, 0.4) is 0 Å². The number of aliphatic hydroxyl groups excluding tert-OH is 2. The van der Waals surface area contributed by atoms with Gasteiger partial charge >= 0.3 is 0 Å². The summed E-state index contributed by atoms with van der Waals surface area (Å²) in [5.74, 6) is 0.552. The Morgan fingerprint density at radius 1 is 0.848 bits per heavy atom. The molecule has 0 saturated carbocycles. The molecule has 0 atom stereocenters. The lowest BCUT2D eigenvalue weighted by Gasteiger charge is -2.08. The van der Waals surface area contributed by atoms with Crippen LogP contribution in [0.4, 0.5) is 0 Å². The van der Waals surface area contributed by atoms with Crippen molar-refractivity contribution in [2.24, 2.45) is 0 Å². The third kappa shape index (κ3) is 7.08. The number of carbonyl (C=O) groups excluding carboxylic acids is 2. The standard InChI is InChI=1S/C26H28O7/c1-17(28)13-21(22(29)9-5-18-7-11-24(31-2)20(14-18)16-27)23(30)10-6-19-8-12-25(32-3)26(15-19)33-4/h5-12,14-15,27,29H,13,16H2,1-4H3/b9-5+,10-6+,22-21-. The van der Waals surface area contributed by atoms with Gasteiger partial charge in [0.1, 0.15) is 17.3 Å². The van der Waals surface area contributed by atoms with Crippen LogP contribution in [-0.4, -0.2) is 43.1 Å². The molecule has 0 saturated heterocycles. The van der Waals surface area contributed by atoms with Gasteiger partial charge < -0.3 is 24.4 Å². The Kier molecular flexibility index (Phi) is 9.45. The molecule has 2 aromatic carbocycles. The molecule has 0 aromatic heterocycles. The van der Waals surface area contributed by atoms with Gasteiger partial charge in [0.2, 0.25) is 0 Å². The quantitative estimate of drug-likeness (QED) is 0.298. The number of hydrogen-bond donors (Lipinski definition) is 2. The zero-order valence-electron chi connectivity index (χ0n) is 19.1. The average Bonchev–Trinajstić information content (AvgIpc) is 2.83. The number of ketones is 2. The molecule has 0 heterocycles. The molecule has 0 aliphatic rings. The van der Waals surface area contributed by atoms with Crippen molar-refractivity contribution in [3.05, 3.63) is 76.6 Å². The molecule has 2 rings (SSSR count). The number of carbonyl (C=O) groups is 2. The fraction of sp³-hybridized carbons (Fsp3) is 0.231. The molecular weight excluding hydrogens is 424 g/mol. The lowest BCUT2D eigenvalue weighted by atomic mass is 10.0. The third-order valence-corrected chi connectivity index (χ3v) is 4.78. The molecule has 174 valence electrons. The van der Waals surface area contributed by atoms with Gasteiger partial charge in [-0.05, 0) is 54.5 Å². The van der Waals surface area contributed by atoms with Crippen LogP contribution in [0, 0.1) is 0 Å². The molecule has 0 bridgehead atoms. The Labute approximate surface area is 193 Å². The van der Waals surface area contributed by atoms with E-state index >= 15 is 0 Å². The van der Waals surface area contributed by atoms with Gasteiger partial charge in [0.15, 0.2) is 17.3 Å². The fourth-order valence-electron chi connectivity index (χ4n) is 3.08. The van der Waals surface area contributed by atoms with Crippen molar-refractivity contribution in [2.75, 3.05) is 21.3 Å². The molecule has 0 unspecified atom stereocenters. The van der Waals surface area contributed by atoms with E-state index in [1.54, 1.807) is 48.6 Å². The number of aliphatic hydroxyl groups is 2. The number of Topliss-reactive ketones (excluding diaryl/α,β-unsaturated/α-hetero) is 1. The SMILES string of the molecule is COc1ccc(/C=C/C(O)=C(\CC(C)=O)C(=O)/C=C/c2ccc(OC)c(OC)c2)cc1CO. The summed E-state index contributed by atoms with van der Waals surface area (Å²) in [5.41, 5.74) is 1.93. The minimum absolute atomic E-state index is 0.0219. The van der Waals surface area contributed by atoms with Crippen molar-refractivity contribution in [2.45, 2.75) is 20.0 Å². The molecular formula is C26H28O7. The van der Waals surface area contributed by atoms with E-state index in [1.165, 1.54) is 40.4 Å². The third-order valence-electron chi connectivity index (χ3n) is 4.78. The van der Waals surface area contributed by atoms with Crippen LogP contribution < -0.4 is 14.2 Å². The van der Waals surface area contributed by atoms with Crippen molar-refractivity contribution in [1.29, 1.82) is 0 Å². The van der Waals surface area contributed by atoms with E-state index < -0.39 is 5.78 Å². The van der Waals surface area contributed by atoms with E-state index in [1.807, 2.05) is 0 Å². The predicted octanol–water partition coefficient (Wildman–Crippen LogP) is 4.29. The molecule has 0 aliphatic carbocycles. The van der Waals surface area contributed by atoms with Crippen LogP contribution in [0.1, 0.15) is 30.0 Å². The molecule has 2 aromatic rings. The summed E-state index contributed by atoms with van der Waals surface area (Å²) < 4.78 is 15.6. The van der Waals surface area contributed by atoms with Gasteiger partial charge in [-0.3, -0.25) is 9.59 Å². The molecule has 0 spiro atoms. The minimum Gasteiger partial charge on any atom is -0.508 e. The molecule has 7 heteroatoms. The Morgan fingerprint density at radius 2 is 1.42 bits per heavy atom. The second kappa shape index (κ2) is 12.3. The van der Waals surface area contributed by atoms with Crippen molar-refractivity contribution in [3.8, 4) is 17.2 Å². The van der Waals surface area contributed by atoms with Gasteiger partial charge in [-0.2, -0.15) is 0 Å². The van der Waals surface area contributed by atoms with E-state index in [-0.39, 0.29) is 30.1 Å². The predicted molar refractivity (Wildman–Crippen MR) is 126 cm³/mol. The summed E-state index contributed by atoms with van der Waals surface area (Å²) in [4.78, 5) is 24.5. The number of ether oxygens (including phenoxy) is 3. The number of hydrogen-bond acceptors (Lipinski definition) is 7. The van der Waals surface area contributed by atoms with Gasteiger partial charge in [0, 0.05) is 17.6 Å². The van der Waals surface area contributed by atoms with Crippen LogP contribution in [0.15, 0.2) is 59.9 Å². The number of allylic oxidation sites excluding steroid dienone is 3. The maximum atomic E-state index is 12.8. The van der Waals surface area contributed by atoms with E-state index in [2.05, 4.69) is 0 Å². The summed E-state index contributed by atoms with van der Waals surface area (Å²) in [6.45, 7) is 1.14. The van der Waals surface area contributed by atoms with Crippen LogP contribution in [0.5, 0.6) is 17.2 Å². The maximum absolute atomic E-state index is 12.8. The first-order valence-corrected chi connectivity index (χ1v) is 10.1. The van der Waals surface area contributed by atoms with Crippen molar-refractivity contribution in [1.82, 2.24) is 0 Å². The zero-order valence-corrected chi connectivity index (χ0v) is 19.1. The second-order valence-electron chi connectivity index (χ2n) is 7.12. The first-order valence-electron chi connectivity index (χ1n) is 10.1. The lowest BCUT2D eigenvalue weighted by Crippen LogP contribution is -2.06. The highest BCUT2D eigenvalue weighted by atomic mass is 16.5. The van der Waals surface area contributed by atoms with Crippen LogP contribution in [0.25, 0.3) is 12.2 Å². The summed E-state index contributed by atoms with van der Waals surface area (Å²) in [7, 11) is 4.55. The van der Waals surface area contributed by atoms with Gasteiger partial charge in [-0.1, -0.05) is 24.3 Å². The van der Waals surface area contributed by atoms with E-state index in [0.717, 1.165) is 0 Å². The maximum Gasteiger partial charge on any atom is 0.185 e. The molecule has 0 amide bonds. The number of methoxy groups -OCH3 is 3. The Morgan fingerprint density at radius 3 is 2.00 bits per heavy atom. The van der Waals surface area contributed by atoms with Crippen molar-refractivity contribution < 1.29 is 34.0 Å². The summed E-state index contributed by atoms with van der Waals surface area (Å²) in [5, 5.41) is 20.0. The highest BCUT2D eigenvalue weighted by Gasteiger charge is 2.14. The Bertz CT molecular complexity index is 1090. The summed E-state index contributed by atoms with van der Waals surface area (Å²) >= 11 is 0. The van der Waals surface area contributed by atoms with E-state index in [4.69, 9.17) is 14.2 Å². The zero-order chi connectivity index (χ0) is 24.4. The monoisotopic (exact) mass is 452 g/mol. The largest absolute Gasteiger partial charge is 0.508 e. The first kappa shape index (κ1) is 25.4. The molecule has 2 N–H and O–H groups in total. The molecule has 0 fully saturated rings. The molecule has 0 radical (unpaired) electrons. The first-order chi connectivity index (χ1) is 15.8. The Hall–Kier alpha value is -3.84. The van der Waals surface area contributed by atoms with Crippen molar-refractivity contribution in [3.63, 3.8) is 0 Å². The normalized spacial score (nSPS) is 12.0. The van der Waals surface area contributed by atoms with Crippen LogP contribution in [-0.2, 0) is 16.2 Å². The van der Waals surface area contributed by atoms with Gasteiger partial charge in [-0.15, -0.1) is 0 Å². The van der Waals surface area contributed by atoms with Crippen molar-refractivity contribution >= 4 is 23.7 Å². The highest BCUT2D eigenvalue weighted by Crippen LogP contribution is 2.28. The average molecular weight is 453 g/mol. The van der Waals surface area contributed by atoms with E-state index in [9.17, 15) is 19.8 Å². The van der Waals surface area contributed by atoms with Crippen LogP contribution in [0.2, 0.25) is 0 Å². The molecule has 0 aliphatic heterocycles.